The summed E-state index contributed by atoms with van der Waals surface area (Å²) in [5.41, 5.74) is 1.08. The van der Waals surface area contributed by atoms with Crippen LogP contribution in [-0.2, 0) is 11.3 Å². The highest BCUT2D eigenvalue weighted by atomic mass is 79.9. The van der Waals surface area contributed by atoms with Crippen molar-refractivity contribution in [3.63, 3.8) is 0 Å². The molecule has 98 valence electrons. The molecule has 2 rings (SSSR count). The van der Waals surface area contributed by atoms with Gasteiger partial charge in [-0.05, 0) is 23.8 Å². The maximum absolute atomic E-state index is 11.2. The van der Waals surface area contributed by atoms with E-state index in [2.05, 4.69) is 20.8 Å². The fraction of sp³-hybridized carbons (Fsp3) is 0.462. The van der Waals surface area contributed by atoms with Gasteiger partial charge >= 0.3 is 0 Å². The summed E-state index contributed by atoms with van der Waals surface area (Å²) in [6.45, 7) is 5.73. The minimum Gasteiger partial charge on any atom is -0.508 e. The topological polar surface area (TPSA) is 43.8 Å². The van der Waals surface area contributed by atoms with Crippen LogP contribution in [0.3, 0.4) is 0 Å². The number of hydrogen-bond acceptors (Lipinski definition) is 3. The number of carbonyl (C=O) groups excluding carboxylic acids is 1. The molecule has 0 atom stereocenters. The SMILES string of the molecule is CC(=O)N1CCN(Cc2cc(O)ccc2Br)CC1. The van der Waals surface area contributed by atoms with E-state index in [1.54, 1.807) is 19.1 Å². The largest absolute Gasteiger partial charge is 0.508 e. The summed E-state index contributed by atoms with van der Waals surface area (Å²) in [4.78, 5) is 15.4. The van der Waals surface area contributed by atoms with E-state index >= 15 is 0 Å². The number of carbonyl (C=O) groups is 1. The van der Waals surface area contributed by atoms with Gasteiger partial charge in [0.05, 0.1) is 0 Å². The summed E-state index contributed by atoms with van der Waals surface area (Å²) in [6, 6.07) is 5.30. The van der Waals surface area contributed by atoms with Gasteiger partial charge < -0.3 is 10.0 Å². The van der Waals surface area contributed by atoms with Crippen LogP contribution in [0, 0.1) is 0 Å². The molecule has 1 heterocycles. The zero-order valence-electron chi connectivity index (χ0n) is 10.4. The number of nitrogens with zero attached hydrogens (tertiary/aromatic N) is 2. The van der Waals surface area contributed by atoms with E-state index in [1.165, 1.54) is 0 Å². The van der Waals surface area contributed by atoms with Crippen molar-refractivity contribution >= 4 is 21.8 Å². The maximum atomic E-state index is 11.2. The average Bonchev–Trinajstić information content (AvgIpc) is 2.34. The van der Waals surface area contributed by atoms with Gasteiger partial charge in [0, 0.05) is 44.1 Å². The third-order valence-electron chi connectivity index (χ3n) is 3.24. The van der Waals surface area contributed by atoms with Crippen molar-refractivity contribution in [1.29, 1.82) is 0 Å². The molecule has 1 N–H and O–H groups in total. The molecule has 1 fully saturated rings. The van der Waals surface area contributed by atoms with E-state index in [4.69, 9.17) is 0 Å². The van der Waals surface area contributed by atoms with E-state index in [0.29, 0.717) is 0 Å². The first-order valence-corrected chi connectivity index (χ1v) is 6.81. The molecule has 1 saturated heterocycles. The fourth-order valence-corrected chi connectivity index (χ4v) is 2.52. The molecule has 1 aliphatic rings. The van der Waals surface area contributed by atoms with Crippen LogP contribution in [0.25, 0.3) is 0 Å². The summed E-state index contributed by atoms with van der Waals surface area (Å²) in [7, 11) is 0. The van der Waals surface area contributed by atoms with Crippen molar-refractivity contribution in [2.75, 3.05) is 26.2 Å². The van der Waals surface area contributed by atoms with Gasteiger partial charge in [0.15, 0.2) is 0 Å². The first kappa shape index (κ1) is 13.4. The molecule has 0 radical (unpaired) electrons. The Bertz CT molecular complexity index is 443. The van der Waals surface area contributed by atoms with Crippen molar-refractivity contribution in [2.24, 2.45) is 0 Å². The first-order valence-electron chi connectivity index (χ1n) is 6.01. The smallest absolute Gasteiger partial charge is 0.219 e. The van der Waals surface area contributed by atoms with Crippen LogP contribution in [-0.4, -0.2) is 47.0 Å². The van der Waals surface area contributed by atoms with Crippen molar-refractivity contribution in [3.8, 4) is 5.75 Å². The highest BCUT2D eigenvalue weighted by molar-refractivity contribution is 9.10. The zero-order chi connectivity index (χ0) is 13.1. The lowest BCUT2D eigenvalue weighted by molar-refractivity contribution is -0.130. The van der Waals surface area contributed by atoms with Gasteiger partial charge in [0.1, 0.15) is 5.75 Å². The Hall–Kier alpha value is -1.07. The van der Waals surface area contributed by atoms with Crippen LogP contribution in [0.2, 0.25) is 0 Å². The van der Waals surface area contributed by atoms with Crippen LogP contribution < -0.4 is 0 Å². The lowest BCUT2D eigenvalue weighted by Gasteiger charge is -2.34. The van der Waals surface area contributed by atoms with Gasteiger partial charge in [0.2, 0.25) is 5.91 Å². The van der Waals surface area contributed by atoms with Crippen LogP contribution in [0.4, 0.5) is 0 Å². The summed E-state index contributed by atoms with van der Waals surface area (Å²) in [5, 5.41) is 9.49. The standard InChI is InChI=1S/C13H17BrN2O2/c1-10(17)16-6-4-15(5-7-16)9-11-8-12(18)2-3-13(11)14/h2-3,8,18H,4-7,9H2,1H3. The van der Waals surface area contributed by atoms with Crippen molar-refractivity contribution in [3.05, 3.63) is 28.2 Å². The van der Waals surface area contributed by atoms with Gasteiger partial charge in [0.25, 0.3) is 0 Å². The van der Waals surface area contributed by atoms with E-state index in [1.807, 2.05) is 11.0 Å². The van der Waals surface area contributed by atoms with Gasteiger partial charge in [-0.2, -0.15) is 0 Å². The van der Waals surface area contributed by atoms with E-state index in [9.17, 15) is 9.90 Å². The molecule has 0 bridgehead atoms. The summed E-state index contributed by atoms with van der Waals surface area (Å²) < 4.78 is 1.01. The van der Waals surface area contributed by atoms with Crippen LogP contribution in [0.5, 0.6) is 5.75 Å². The zero-order valence-corrected chi connectivity index (χ0v) is 12.0. The summed E-state index contributed by atoms with van der Waals surface area (Å²) in [6.07, 6.45) is 0. The van der Waals surface area contributed by atoms with Gasteiger partial charge in [-0.25, -0.2) is 0 Å². The predicted octanol–water partition coefficient (Wildman–Crippen LogP) is 1.82. The molecular formula is C13H17BrN2O2. The molecule has 0 aromatic heterocycles. The maximum Gasteiger partial charge on any atom is 0.219 e. The molecule has 0 saturated carbocycles. The number of benzene rings is 1. The number of piperazine rings is 1. The minimum absolute atomic E-state index is 0.146. The fourth-order valence-electron chi connectivity index (χ4n) is 2.14. The van der Waals surface area contributed by atoms with Gasteiger partial charge in [-0.1, -0.05) is 15.9 Å². The second-order valence-electron chi connectivity index (χ2n) is 4.56. The van der Waals surface area contributed by atoms with E-state index < -0.39 is 0 Å². The van der Waals surface area contributed by atoms with Crippen molar-refractivity contribution < 1.29 is 9.90 Å². The molecule has 5 heteroatoms. The highest BCUT2D eigenvalue weighted by Gasteiger charge is 2.19. The molecule has 1 aliphatic heterocycles. The first-order chi connectivity index (χ1) is 8.56. The number of hydrogen-bond donors (Lipinski definition) is 1. The van der Waals surface area contributed by atoms with Gasteiger partial charge in [-0.15, -0.1) is 0 Å². The molecule has 1 amide bonds. The van der Waals surface area contributed by atoms with Crippen LogP contribution >= 0.6 is 15.9 Å². The van der Waals surface area contributed by atoms with Crippen molar-refractivity contribution in [1.82, 2.24) is 9.80 Å². The Morgan fingerprint density at radius 3 is 2.61 bits per heavy atom. The van der Waals surface area contributed by atoms with Crippen molar-refractivity contribution in [2.45, 2.75) is 13.5 Å². The molecule has 18 heavy (non-hydrogen) atoms. The van der Waals surface area contributed by atoms with E-state index in [-0.39, 0.29) is 11.7 Å². The lowest BCUT2D eigenvalue weighted by Crippen LogP contribution is -2.47. The summed E-state index contributed by atoms with van der Waals surface area (Å²) in [5.74, 6) is 0.434. The number of phenols is 1. The number of aromatic hydroxyl groups is 1. The number of halogens is 1. The van der Waals surface area contributed by atoms with Crippen LogP contribution in [0.1, 0.15) is 12.5 Å². The Morgan fingerprint density at radius 1 is 1.33 bits per heavy atom. The Morgan fingerprint density at radius 2 is 2.00 bits per heavy atom. The monoisotopic (exact) mass is 312 g/mol. The Balaban J connectivity index is 1.95. The molecule has 0 spiro atoms. The third kappa shape index (κ3) is 3.23. The number of rotatable bonds is 2. The lowest BCUT2D eigenvalue weighted by atomic mass is 10.2. The Labute approximate surface area is 115 Å². The number of phenolic OH excluding ortho intramolecular Hbond substituents is 1. The molecule has 1 aromatic rings. The van der Waals surface area contributed by atoms with Crippen LogP contribution in [0.15, 0.2) is 22.7 Å². The summed E-state index contributed by atoms with van der Waals surface area (Å²) >= 11 is 3.49. The highest BCUT2D eigenvalue weighted by Crippen LogP contribution is 2.23. The molecule has 0 unspecified atom stereocenters. The molecular weight excluding hydrogens is 296 g/mol. The second-order valence-corrected chi connectivity index (χ2v) is 5.41. The van der Waals surface area contributed by atoms with Gasteiger partial charge in [-0.3, -0.25) is 9.69 Å². The Kier molecular flexibility index (Phi) is 4.24. The van der Waals surface area contributed by atoms with E-state index in [0.717, 1.165) is 42.8 Å². The number of amides is 1. The minimum atomic E-state index is 0.146. The normalized spacial score (nSPS) is 16.9. The second kappa shape index (κ2) is 5.71. The third-order valence-corrected chi connectivity index (χ3v) is 4.01. The molecule has 4 nitrogen and oxygen atoms in total. The quantitative estimate of drug-likeness (QED) is 0.906. The average molecular weight is 313 g/mol. The molecule has 1 aromatic carbocycles. The molecule has 0 aliphatic carbocycles. The predicted molar refractivity (Wildman–Crippen MR) is 73.3 cm³/mol.